The molecule has 0 radical (unpaired) electrons. The minimum Gasteiger partial charge on any atom is -0.334 e. The van der Waals surface area contributed by atoms with Gasteiger partial charge in [0, 0.05) is 12.2 Å². The summed E-state index contributed by atoms with van der Waals surface area (Å²) in [6, 6.07) is 17.8. The second kappa shape index (κ2) is 10.6. The van der Waals surface area contributed by atoms with Gasteiger partial charge < -0.3 is 16.0 Å². The van der Waals surface area contributed by atoms with E-state index in [1.54, 1.807) is 49.4 Å². The summed E-state index contributed by atoms with van der Waals surface area (Å²) in [5, 5.41) is 7.60. The fourth-order valence-corrected chi connectivity index (χ4v) is 3.97. The minimum absolute atomic E-state index is 0.120. The van der Waals surface area contributed by atoms with E-state index in [0.717, 1.165) is 0 Å². The molecule has 8 nitrogen and oxygen atoms in total. The highest BCUT2D eigenvalue weighted by Crippen LogP contribution is 2.23. The Kier molecular flexibility index (Phi) is 7.62. The molecule has 172 valence electrons. The van der Waals surface area contributed by atoms with E-state index >= 15 is 0 Å². The van der Waals surface area contributed by atoms with Gasteiger partial charge in [0.1, 0.15) is 5.82 Å². The molecule has 3 rings (SSSR count). The summed E-state index contributed by atoms with van der Waals surface area (Å²) in [5.41, 5.74) is 2.07. The fraction of sp³-hybridized carbons (Fsp3) is 0.130. The Balaban J connectivity index is 1.53. The normalized spacial score (nSPS) is 10.8. The Labute approximate surface area is 191 Å². The third-order valence-corrected chi connectivity index (χ3v) is 5.98. The molecule has 0 aliphatic heterocycles. The maximum Gasteiger partial charge on any atom is 0.315 e. The third-order valence-electron chi connectivity index (χ3n) is 4.59. The van der Waals surface area contributed by atoms with Crippen LogP contribution in [0.2, 0.25) is 0 Å². The maximum absolute atomic E-state index is 12.9. The monoisotopic (exact) mass is 470 g/mol. The molecule has 3 aromatic carbocycles. The van der Waals surface area contributed by atoms with Crippen LogP contribution in [0.1, 0.15) is 11.1 Å². The van der Waals surface area contributed by atoms with Gasteiger partial charge in [0.25, 0.3) is 10.0 Å². The SMILES string of the molecule is Cc1ccc(NC(=O)CNC(=O)NCc2ccc(F)cc2)cc1NS(=O)(=O)c1ccccc1. The van der Waals surface area contributed by atoms with E-state index in [9.17, 15) is 22.4 Å². The number of urea groups is 1. The smallest absolute Gasteiger partial charge is 0.315 e. The molecule has 0 heterocycles. The number of rotatable bonds is 8. The second-order valence-electron chi connectivity index (χ2n) is 7.16. The van der Waals surface area contributed by atoms with Crippen molar-refractivity contribution in [2.24, 2.45) is 0 Å². The first-order valence-corrected chi connectivity index (χ1v) is 11.5. The van der Waals surface area contributed by atoms with Crippen molar-refractivity contribution in [3.8, 4) is 0 Å². The highest BCUT2D eigenvalue weighted by atomic mass is 32.2. The first-order valence-electron chi connectivity index (χ1n) is 9.97. The van der Waals surface area contributed by atoms with E-state index in [1.165, 1.54) is 30.3 Å². The number of anilines is 2. The average molecular weight is 471 g/mol. The predicted octanol–water partition coefficient (Wildman–Crippen LogP) is 3.37. The van der Waals surface area contributed by atoms with Crippen LogP contribution in [0.25, 0.3) is 0 Å². The quantitative estimate of drug-likeness (QED) is 0.404. The number of aryl methyl sites for hydroxylation is 1. The Morgan fingerprint density at radius 1 is 0.909 bits per heavy atom. The molecular formula is C23H23FN4O4S. The molecule has 0 spiro atoms. The molecule has 0 saturated heterocycles. The number of sulfonamides is 1. The largest absolute Gasteiger partial charge is 0.334 e. The molecule has 0 unspecified atom stereocenters. The number of benzene rings is 3. The lowest BCUT2D eigenvalue weighted by molar-refractivity contribution is -0.115. The summed E-state index contributed by atoms with van der Waals surface area (Å²) >= 11 is 0. The molecule has 3 aromatic rings. The molecule has 0 atom stereocenters. The van der Waals surface area contributed by atoms with E-state index < -0.39 is 22.0 Å². The highest BCUT2D eigenvalue weighted by Gasteiger charge is 2.15. The van der Waals surface area contributed by atoms with Crippen LogP contribution in [-0.4, -0.2) is 26.9 Å². The number of hydrogen-bond acceptors (Lipinski definition) is 4. The Hall–Kier alpha value is -3.92. The van der Waals surface area contributed by atoms with Crippen molar-refractivity contribution < 1.29 is 22.4 Å². The number of nitrogens with one attached hydrogen (secondary N) is 4. The molecule has 3 amide bonds. The molecular weight excluding hydrogens is 447 g/mol. The molecule has 0 saturated carbocycles. The van der Waals surface area contributed by atoms with E-state index in [-0.39, 0.29) is 23.8 Å². The topological polar surface area (TPSA) is 116 Å². The number of carbonyl (C=O) groups is 2. The van der Waals surface area contributed by atoms with Crippen molar-refractivity contribution in [3.05, 3.63) is 89.7 Å². The van der Waals surface area contributed by atoms with Gasteiger partial charge in [-0.25, -0.2) is 17.6 Å². The molecule has 4 N–H and O–H groups in total. The van der Waals surface area contributed by atoms with Gasteiger partial charge in [0.05, 0.1) is 17.1 Å². The van der Waals surface area contributed by atoms with Crippen molar-refractivity contribution in [1.82, 2.24) is 10.6 Å². The number of carbonyl (C=O) groups excluding carboxylic acids is 2. The molecule has 0 aromatic heterocycles. The Morgan fingerprint density at radius 3 is 2.30 bits per heavy atom. The third kappa shape index (κ3) is 7.04. The second-order valence-corrected chi connectivity index (χ2v) is 8.84. The van der Waals surface area contributed by atoms with Crippen LogP contribution in [0.15, 0.2) is 77.7 Å². The predicted molar refractivity (Wildman–Crippen MR) is 124 cm³/mol. The number of amides is 3. The number of hydrogen-bond donors (Lipinski definition) is 4. The van der Waals surface area contributed by atoms with Crippen molar-refractivity contribution in [1.29, 1.82) is 0 Å². The molecule has 33 heavy (non-hydrogen) atoms. The van der Waals surface area contributed by atoms with Crippen LogP contribution < -0.4 is 20.7 Å². The molecule has 0 fully saturated rings. The van der Waals surface area contributed by atoms with Gasteiger partial charge in [-0.05, 0) is 54.4 Å². The van der Waals surface area contributed by atoms with Crippen LogP contribution in [0.3, 0.4) is 0 Å². The summed E-state index contributed by atoms with van der Waals surface area (Å²) in [6.07, 6.45) is 0. The number of halogens is 1. The standard InChI is InChI=1S/C23H23FN4O4S/c1-16-7-12-19(13-21(16)28-33(31,32)20-5-3-2-4-6-20)27-22(29)15-26-23(30)25-14-17-8-10-18(24)11-9-17/h2-13,28H,14-15H2,1H3,(H,27,29)(H2,25,26,30). The zero-order valence-electron chi connectivity index (χ0n) is 17.8. The van der Waals surface area contributed by atoms with Crippen LogP contribution in [0.4, 0.5) is 20.6 Å². The summed E-state index contributed by atoms with van der Waals surface area (Å²) in [4.78, 5) is 24.2. The lowest BCUT2D eigenvalue weighted by Gasteiger charge is -2.13. The van der Waals surface area contributed by atoms with Gasteiger partial charge >= 0.3 is 6.03 Å². The van der Waals surface area contributed by atoms with Crippen LogP contribution >= 0.6 is 0 Å². The van der Waals surface area contributed by atoms with Gasteiger partial charge in [0.2, 0.25) is 5.91 Å². The van der Waals surface area contributed by atoms with Gasteiger partial charge in [-0.15, -0.1) is 0 Å². The first-order chi connectivity index (χ1) is 15.7. The van der Waals surface area contributed by atoms with Gasteiger partial charge in [0.15, 0.2) is 0 Å². The van der Waals surface area contributed by atoms with Crippen LogP contribution in [0, 0.1) is 12.7 Å². The van der Waals surface area contributed by atoms with Crippen LogP contribution in [-0.2, 0) is 21.4 Å². The minimum atomic E-state index is -3.78. The van der Waals surface area contributed by atoms with E-state index in [0.29, 0.717) is 22.5 Å². The van der Waals surface area contributed by atoms with Crippen molar-refractivity contribution in [2.75, 3.05) is 16.6 Å². The van der Waals surface area contributed by atoms with Gasteiger partial charge in [-0.1, -0.05) is 36.4 Å². The highest BCUT2D eigenvalue weighted by molar-refractivity contribution is 7.92. The Bertz CT molecular complexity index is 1230. The van der Waals surface area contributed by atoms with Crippen molar-refractivity contribution >= 4 is 33.3 Å². The summed E-state index contributed by atoms with van der Waals surface area (Å²) in [7, 11) is -3.78. The average Bonchev–Trinajstić information content (AvgIpc) is 2.80. The lowest BCUT2D eigenvalue weighted by Crippen LogP contribution is -2.39. The Morgan fingerprint density at radius 2 is 1.61 bits per heavy atom. The lowest BCUT2D eigenvalue weighted by atomic mass is 10.2. The molecule has 0 bridgehead atoms. The van der Waals surface area contributed by atoms with Gasteiger partial charge in [-0.3, -0.25) is 9.52 Å². The molecule has 0 aliphatic rings. The van der Waals surface area contributed by atoms with Crippen molar-refractivity contribution in [3.63, 3.8) is 0 Å². The van der Waals surface area contributed by atoms with Gasteiger partial charge in [-0.2, -0.15) is 0 Å². The van der Waals surface area contributed by atoms with E-state index in [2.05, 4.69) is 20.7 Å². The zero-order valence-corrected chi connectivity index (χ0v) is 18.6. The summed E-state index contributed by atoms with van der Waals surface area (Å²) < 4.78 is 40.6. The molecule has 0 aliphatic carbocycles. The van der Waals surface area contributed by atoms with Crippen molar-refractivity contribution in [2.45, 2.75) is 18.4 Å². The van der Waals surface area contributed by atoms with E-state index in [4.69, 9.17) is 0 Å². The summed E-state index contributed by atoms with van der Waals surface area (Å²) in [6.45, 7) is 1.62. The summed E-state index contributed by atoms with van der Waals surface area (Å²) in [5.74, 6) is -0.861. The van der Waals surface area contributed by atoms with E-state index in [1.807, 2.05) is 0 Å². The maximum atomic E-state index is 12.9. The fourth-order valence-electron chi connectivity index (χ4n) is 2.83. The van der Waals surface area contributed by atoms with Crippen LogP contribution in [0.5, 0.6) is 0 Å². The first kappa shape index (κ1) is 23.7. The zero-order chi connectivity index (χ0) is 23.8. The molecule has 10 heteroatoms.